The van der Waals surface area contributed by atoms with Crippen LogP contribution in [-0.2, 0) is 20.2 Å². The largest absolute Gasteiger partial charge is 0.505 e. The predicted molar refractivity (Wildman–Crippen MR) is 213 cm³/mol. The summed E-state index contributed by atoms with van der Waals surface area (Å²) in [4.78, 5) is 2.57. The molecule has 58 heavy (non-hydrogen) atoms. The molecule has 0 radical (unpaired) electrons. The maximum Gasteiger partial charge on any atom is 0.296 e. The number of ether oxygens (including phenoxy) is 1. The summed E-state index contributed by atoms with van der Waals surface area (Å²) in [5, 5.41) is 77.9. The molecule has 0 spiro atoms. The second-order valence-electron chi connectivity index (χ2n) is 11.8. The Morgan fingerprint density at radius 1 is 0.621 bits per heavy atom. The Morgan fingerprint density at radius 2 is 1.14 bits per heavy atom. The summed E-state index contributed by atoms with van der Waals surface area (Å²) in [6, 6.07) is 15.1. The Kier molecular flexibility index (Phi) is 21.2. The average molecular weight is 856 g/mol. The summed E-state index contributed by atoms with van der Waals surface area (Å²) < 4.78 is 70.8. The minimum absolute atomic E-state index is 0.0694. The van der Waals surface area contributed by atoms with Crippen molar-refractivity contribution in [3.8, 4) is 11.5 Å². The van der Waals surface area contributed by atoms with Gasteiger partial charge in [-0.1, -0.05) is 6.07 Å². The minimum atomic E-state index is -4.80. The number of hydrogen-bond donors (Lipinski definition) is 10. The lowest BCUT2D eigenvalue weighted by atomic mass is 10.1. The van der Waals surface area contributed by atoms with E-state index in [-0.39, 0.29) is 78.1 Å². The van der Waals surface area contributed by atoms with Gasteiger partial charge in [0.15, 0.2) is 5.75 Å². The van der Waals surface area contributed by atoms with Crippen molar-refractivity contribution in [1.82, 2.24) is 9.80 Å². The molecule has 21 nitrogen and oxygen atoms in total. The third-order valence-corrected chi connectivity index (χ3v) is 9.38. The van der Waals surface area contributed by atoms with E-state index in [9.17, 15) is 26.5 Å². The lowest BCUT2D eigenvalue weighted by molar-refractivity contribution is 0.136. The van der Waals surface area contributed by atoms with E-state index in [4.69, 9.17) is 45.7 Å². The number of anilines is 1. The lowest BCUT2D eigenvalue weighted by Crippen LogP contribution is -2.32. The van der Waals surface area contributed by atoms with E-state index in [1.54, 1.807) is 9.80 Å². The molecule has 0 bridgehead atoms. The molecule has 11 N–H and O–H groups in total. The van der Waals surface area contributed by atoms with Crippen LogP contribution in [0.25, 0.3) is 10.8 Å². The SMILES string of the molecule is COc1cc(N=Nc2cccc(S(=O)(=O)O)c2)ccc1N=Nc1c(S(=O)(=O)O)cc2cc(N)ccc2c1O.OCCN(CCO)CCO.OCCN(CCO)CCO. The molecule has 0 aliphatic carbocycles. The second kappa shape index (κ2) is 24.9. The number of benzene rings is 4. The second-order valence-corrected chi connectivity index (χ2v) is 14.6. The zero-order valence-electron chi connectivity index (χ0n) is 31.5. The highest BCUT2D eigenvalue weighted by atomic mass is 32.2. The average Bonchev–Trinajstić information content (AvgIpc) is 3.17. The number of aromatic hydroxyl groups is 1. The van der Waals surface area contributed by atoms with E-state index in [0.29, 0.717) is 45.0 Å². The molecule has 0 aromatic heterocycles. The van der Waals surface area contributed by atoms with Crippen molar-refractivity contribution in [2.75, 3.05) is 91.8 Å². The summed E-state index contributed by atoms with van der Waals surface area (Å²) in [5.41, 5.74) is 6.12. The molecule has 0 heterocycles. The van der Waals surface area contributed by atoms with Gasteiger partial charge in [0.25, 0.3) is 20.2 Å². The normalized spacial score (nSPS) is 11.9. The lowest BCUT2D eigenvalue weighted by Gasteiger charge is -2.17. The molecular formula is C35H49N7O14S2. The van der Waals surface area contributed by atoms with Crippen molar-refractivity contribution in [3.63, 3.8) is 0 Å². The molecule has 0 aliphatic heterocycles. The maximum atomic E-state index is 12.0. The van der Waals surface area contributed by atoms with Crippen LogP contribution < -0.4 is 10.5 Å². The van der Waals surface area contributed by atoms with E-state index < -0.39 is 36.6 Å². The van der Waals surface area contributed by atoms with Crippen molar-refractivity contribution in [2.24, 2.45) is 20.5 Å². The van der Waals surface area contributed by atoms with Crippen LogP contribution in [0.15, 0.2) is 97.0 Å². The third-order valence-electron chi connectivity index (χ3n) is 7.67. The molecule has 0 atom stereocenters. The first-order chi connectivity index (χ1) is 27.6. The molecule has 23 heteroatoms. The Bertz CT molecular complexity index is 2130. The predicted octanol–water partition coefficient (Wildman–Crippen LogP) is 1.99. The summed E-state index contributed by atoms with van der Waals surface area (Å²) in [6.07, 6.45) is 0. The van der Waals surface area contributed by atoms with Crippen molar-refractivity contribution < 1.29 is 66.4 Å². The summed E-state index contributed by atoms with van der Waals surface area (Å²) in [7, 11) is -7.86. The number of phenolic OH excluding ortho intramolecular Hbond substituents is 1. The molecule has 4 aromatic rings. The van der Waals surface area contributed by atoms with E-state index in [0.717, 1.165) is 12.1 Å². The number of hydrogen-bond acceptors (Lipinski definition) is 19. The summed E-state index contributed by atoms with van der Waals surface area (Å²) in [5.74, 6) is -0.381. The number of nitrogens with two attached hydrogens (primary N) is 1. The van der Waals surface area contributed by atoms with E-state index in [1.165, 1.54) is 61.7 Å². The monoisotopic (exact) mass is 855 g/mol. The summed E-state index contributed by atoms with van der Waals surface area (Å²) in [6.45, 7) is 3.51. The van der Waals surface area contributed by atoms with Crippen LogP contribution in [0.5, 0.6) is 11.5 Å². The van der Waals surface area contributed by atoms with Crippen LogP contribution in [0.1, 0.15) is 0 Å². The van der Waals surface area contributed by atoms with Crippen LogP contribution in [0.3, 0.4) is 0 Å². The van der Waals surface area contributed by atoms with Gasteiger partial charge in [0.1, 0.15) is 22.0 Å². The first kappa shape index (κ1) is 49.4. The first-order valence-corrected chi connectivity index (χ1v) is 20.2. The molecule has 0 saturated carbocycles. The maximum absolute atomic E-state index is 12.0. The van der Waals surface area contributed by atoms with Gasteiger partial charge in [0.2, 0.25) is 0 Å². The van der Waals surface area contributed by atoms with Crippen molar-refractivity contribution in [2.45, 2.75) is 9.79 Å². The van der Waals surface area contributed by atoms with E-state index in [1.807, 2.05) is 0 Å². The number of nitrogen functional groups attached to an aromatic ring is 1. The standard InChI is InChI=1S/C23H19N5O8S2.2C6H15NO3/c1-36-20-12-16(26-25-15-3-2-4-17(11-15)37(30,31)32)6-8-19(20)27-28-22-21(38(33,34)35)10-13-9-14(24)5-7-18(13)23(22)29;2*8-4-1-7(2-5-9)3-6-10/h2-12,29H,24H2,1H3,(H,30,31,32)(H,33,34,35);2*8-10H,1-6H2. The van der Waals surface area contributed by atoms with Gasteiger partial charge < -0.3 is 46.2 Å². The van der Waals surface area contributed by atoms with Gasteiger partial charge in [-0.15, -0.1) is 10.2 Å². The smallest absolute Gasteiger partial charge is 0.296 e. The Hall–Kier alpha value is -4.76. The highest BCUT2D eigenvalue weighted by Crippen LogP contribution is 2.43. The van der Waals surface area contributed by atoms with Crippen LogP contribution in [0.2, 0.25) is 0 Å². The molecule has 0 fully saturated rings. The van der Waals surface area contributed by atoms with Gasteiger partial charge in [-0.25, -0.2) is 0 Å². The fraction of sp³-hybridized carbons (Fsp3) is 0.371. The molecule has 4 aromatic carbocycles. The van der Waals surface area contributed by atoms with Crippen molar-refractivity contribution in [3.05, 3.63) is 66.7 Å². The molecule has 320 valence electrons. The van der Waals surface area contributed by atoms with Crippen LogP contribution in [-0.4, -0.2) is 158 Å². The highest BCUT2D eigenvalue weighted by Gasteiger charge is 2.22. The Balaban J connectivity index is 0.000000477. The Labute approximate surface area is 335 Å². The highest BCUT2D eigenvalue weighted by molar-refractivity contribution is 7.86. The number of azo groups is 2. The van der Waals surface area contributed by atoms with E-state index >= 15 is 0 Å². The quantitative estimate of drug-likeness (QED) is 0.0366. The van der Waals surface area contributed by atoms with Gasteiger partial charge in [-0.3, -0.25) is 18.9 Å². The van der Waals surface area contributed by atoms with Crippen LogP contribution >= 0.6 is 0 Å². The van der Waals surface area contributed by atoms with E-state index in [2.05, 4.69) is 20.5 Å². The number of fused-ring (bicyclic) bond motifs is 1. The van der Waals surface area contributed by atoms with Crippen molar-refractivity contribution >= 4 is 59.4 Å². The van der Waals surface area contributed by atoms with Gasteiger partial charge in [0, 0.05) is 56.4 Å². The number of aliphatic hydroxyl groups is 6. The van der Waals surface area contributed by atoms with Crippen LogP contribution in [0, 0.1) is 0 Å². The van der Waals surface area contributed by atoms with Crippen LogP contribution in [0.4, 0.5) is 28.4 Å². The topological polar surface area (TPSA) is 342 Å². The summed E-state index contributed by atoms with van der Waals surface area (Å²) >= 11 is 0. The van der Waals surface area contributed by atoms with Crippen molar-refractivity contribution in [1.29, 1.82) is 0 Å². The first-order valence-electron chi connectivity index (χ1n) is 17.3. The number of aliphatic hydroxyl groups excluding tert-OH is 6. The molecule has 0 unspecified atom stereocenters. The molecule has 4 rings (SSSR count). The van der Waals surface area contributed by atoms with Gasteiger partial charge in [0.05, 0.1) is 63.0 Å². The fourth-order valence-corrected chi connectivity index (χ4v) is 6.10. The number of nitrogens with zero attached hydrogens (tertiary/aromatic N) is 6. The van der Waals surface area contributed by atoms with Gasteiger partial charge in [-0.05, 0) is 60.0 Å². The number of phenols is 1. The van der Waals surface area contributed by atoms with Gasteiger partial charge in [-0.2, -0.15) is 27.1 Å². The molecule has 0 saturated heterocycles. The Morgan fingerprint density at radius 3 is 1.60 bits per heavy atom. The molecular weight excluding hydrogens is 807 g/mol. The third kappa shape index (κ3) is 16.2. The number of rotatable bonds is 19. The zero-order chi connectivity index (χ0) is 43.3. The number of methoxy groups -OCH3 is 1. The molecule has 0 amide bonds. The fourth-order valence-electron chi connectivity index (χ4n) is 4.92. The zero-order valence-corrected chi connectivity index (χ0v) is 33.1. The minimum Gasteiger partial charge on any atom is -0.505 e. The van der Waals surface area contributed by atoms with Gasteiger partial charge >= 0.3 is 0 Å². The molecule has 0 aliphatic rings.